The monoisotopic (exact) mass is 204 g/mol. The summed E-state index contributed by atoms with van der Waals surface area (Å²) in [5.74, 6) is -2.41. The van der Waals surface area contributed by atoms with Gasteiger partial charge in [-0.3, -0.25) is 0 Å². The highest BCUT2D eigenvalue weighted by Crippen LogP contribution is 2.40. The van der Waals surface area contributed by atoms with Crippen LogP contribution in [0.5, 0.6) is 0 Å². The first kappa shape index (κ1) is 10.3. The molecule has 0 amide bonds. The van der Waals surface area contributed by atoms with E-state index in [-0.39, 0.29) is 18.4 Å². The van der Waals surface area contributed by atoms with Crippen LogP contribution in [0.15, 0.2) is 0 Å². The zero-order valence-corrected chi connectivity index (χ0v) is 8.41. The van der Waals surface area contributed by atoms with Crippen LogP contribution < -0.4 is 10.6 Å². The average Bonchev–Trinajstić information content (AvgIpc) is 2.37. The second kappa shape index (κ2) is 3.74. The smallest absolute Gasteiger partial charge is 0.248 e. The van der Waals surface area contributed by atoms with Crippen molar-refractivity contribution in [1.29, 1.82) is 0 Å². The Morgan fingerprint density at radius 2 is 1.50 bits per heavy atom. The summed E-state index contributed by atoms with van der Waals surface area (Å²) in [6.07, 6.45) is 2.35. The SMILES string of the molecule is FC1(F)CCC2(CCNCCN2)CC1. The molecule has 0 atom stereocenters. The molecule has 0 aromatic heterocycles. The Balaban J connectivity index is 1.96. The third-order valence-corrected chi connectivity index (χ3v) is 3.52. The Hall–Kier alpha value is -0.220. The first-order valence-electron chi connectivity index (χ1n) is 5.46. The van der Waals surface area contributed by atoms with Crippen LogP contribution in [-0.2, 0) is 0 Å². The topological polar surface area (TPSA) is 24.1 Å². The Morgan fingerprint density at radius 3 is 2.21 bits per heavy atom. The van der Waals surface area contributed by atoms with Crippen LogP contribution in [0.1, 0.15) is 32.1 Å². The maximum Gasteiger partial charge on any atom is 0.248 e. The summed E-state index contributed by atoms with van der Waals surface area (Å²) in [7, 11) is 0. The summed E-state index contributed by atoms with van der Waals surface area (Å²) in [5.41, 5.74) is 0.00514. The Kier molecular flexibility index (Phi) is 2.75. The van der Waals surface area contributed by atoms with Crippen molar-refractivity contribution in [2.45, 2.75) is 43.6 Å². The molecule has 82 valence electrons. The zero-order chi connectivity index (χ0) is 10.1. The lowest BCUT2D eigenvalue weighted by Crippen LogP contribution is -2.50. The van der Waals surface area contributed by atoms with E-state index in [1.54, 1.807) is 0 Å². The molecule has 0 aromatic rings. The molecule has 1 aliphatic heterocycles. The maximum absolute atomic E-state index is 13.0. The van der Waals surface area contributed by atoms with E-state index in [1.165, 1.54) is 0 Å². The van der Waals surface area contributed by atoms with E-state index in [0.717, 1.165) is 26.1 Å². The van der Waals surface area contributed by atoms with Crippen molar-refractivity contribution in [2.75, 3.05) is 19.6 Å². The normalized spacial score (nSPS) is 31.3. The van der Waals surface area contributed by atoms with Gasteiger partial charge in [-0.15, -0.1) is 0 Å². The van der Waals surface area contributed by atoms with E-state index in [4.69, 9.17) is 0 Å². The quantitative estimate of drug-likeness (QED) is 0.625. The molecule has 1 spiro atoms. The van der Waals surface area contributed by atoms with E-state index in [0.29, 0.717) is 12.8 Å². The van der Waals surface area contributed by atoms with Gasteiger partial charge in [0.15, 0.2) is 0 Å². The van der Waals surface area contributed by atoms with Gasteiger partial charge in [-0.25, -0.2) is 8.78 Å². The molecular formula is C10H18F2N2. The van der Waals surface area contributed by atoms with Crippen LogP contribution in [0.2, 0.25) is 0 Å². The molecule has 1 saturated heterocycles. The fourth-order valence-electron chi connectivity index (χ4n) is 2.48. The summed E-state index contributed by atoms with van der Waals surface area (Å²) < 4.78 is 26.0. The van der Waals surface area contributed by atoms with Crippen molar-refractivity contribution < 1.29 is 8.78 Å². The molecule has 2 aliphatic rings. The van der Waals surface area contributed by atoms with Crippen LogP contribution in [0.3, 0.4) is 0 Å². The number of halogens is 2. The first-order valence-corrected chi connectivity index (χ1v) is 5.46. The molecule has 1 aliphatic carbocycles. The predicted octanol–water partition coefficient (Wildman–Crippen LogP) is 1.52. The van der Waals surface area contributed by atoms with E-state index >= 15 is 0 Å². The van der Waals surface area contributed by atoms with Gasteiger partial charge >= 0.3 is 0 Å². The summed E-state index contributed by atoms with van der Waals surface area (Å²) in [4.78, 5) is 0. The van der Waals surface area contributed by atoms with Gasteiger partial charge in [0.1, 0.15) is 0 Å². The number of alkyl halides is 2. The third-order valence-electron chi connectivity index (χ3n) is 3.52. The second-order valence-corrected chi connectivity index (χ2v) is 4.56. The highest BCUT2D eigenvalue weighted by Gasteiger charge is 2.42. The molecule has 2 fully saturated rings. The largest absolute Gasteiger partial charge is 0.315 e. The van der Waals surface area contributed by atoms with Crippen molar-refractivity contribution in [3.05, 3.63) is 0 Å². The van der Waals surface area contributed by atoms with Crippen LogP contribution >= 0.6 is 0 Å². The van der Waals surface area contributed by atoms with Crippen LogP contribution in [-0.4, -0.2) is 31.1 Å². The zero-order valence-electron chi connectivity index (χ0n) is 8.41. The lowest BCUT2D eigenvalue weighted by Gasteiger charge is -2.40. The second-order valence-electron chi connectivity index (χ2n) is 4.56. The molecule has 2 N–H and O–H groups in total. The molecule has 4 heteroatoms. The summed E-state index contributed by atoms with van der Waals surface area (Å²) in [6, 6.07) is 0. The van der Waals surface area contributed by atoms with Gasteiger partial charge in [0, 0.05) is 31.5 Å². The summed E-state index contributed by atoms with van der Waals surface area (Å²) in [6.45, 7) is 2.82. The maximum atomic E-state index is 13.0. The fraction of sp³-hybridized carbons (Fsp3) is 1.00. The van der Waals surface area contributed by atoms with Crippen LogP contribution in [0.25, 0.3) is 0 Å². The number of nitrogens with one attached hydrogen (secondary N) is 2. The van der Waals surface area contributed by atoms with Gasteiger partial charge in [0.05, 0.1) is 0 Å². The average molecular weight is 204 g/mol. The van der Waals surface area contributed by atoms with E-state index < -0.39 is 5.92 Å². The molecular weight excluding hydrogens is 186 g/mol. The highest BCUT2D eigenvalue weighted by molar-refractivity contribution is 4.96. The number of hydrogen-bond donors (Lipinski definition) is 2. The number of hydrogen-bond acceptors (Lipinski definition) is 2. The molecule has 0 aromatic carbocycles. The minimum absolute atomic E-state index is 0.00514. The van der Waals surface area contributed by atoms with Crippen molar-refractivity contribution in [3.63, 3.8) is 0 Å². The van der Waals surface area contributed by atoms with Crippen molar-refractivity contribution in [3.8, 4) is 0 Å². The highest BCUT2D eigenvalue weighted by atomic mass is 19.3. The summed E-state index contributed by atoms with van der Waals surface area (Å²) >= 11 is 0. The predicted molar refractivity (Wildman–Crippen MR) is 51.6 cm³/mol. The molecule has 0 bridgehead atoms. The van der Waals surface area contributed by atoms with Crippen molar-refractivity contribution >= 4 is 0 Å². The van der Waals surface area contributed by atoms with Gasteiger partial charge in [-0.2, -0.15) is 0 Å². The van der Waals surface area contributed by atoms with E-state index in [1.807, 2.05) is 0 Å². The Bertz CT molecular complexity index is 186. The van der Waals surface area contributed by atoms with Crippen LogP contribution in [0, 0.1) is 0 Å². The molecule has 0 radical (unpaired) electrons. The van der Waals surface area contributed by atoms with Gasteiger partial charge in [0.2, 0.25) is 5.92 Å². The molecule has 1 heterocycles. The van der Waals surface area contributed by atoms with Crippen LogP contribution in [0.4, 0.5) is 8.78 Å². The van der Waals surface area contributed by atoms with Crippen molar-refractivity contribution in [1.82, 2.24) is 10.6 Å². The van der Waals surface area contributed by atoms with Gasteiger partial charge < -0.3 is 10.6 Å². The summed E-state index contributed by atoms with van der Waals surface area (Å²) in [5, 5.41) is 6.73. The van der Waals surface area contributed by atoms with Gasteiger partial charge in [0.25, 0.3) is 0 Å². The first-order chi connectivity index (χ1) is 6.62. The molecule has 14 heavy (non-hydrogen) atoms. The van der Waals surface area contributed by atoms with Gasteiger partial charge in [-0.05, 0) is 25.8 Å². The molecule has 0 unspecified atom stereocenters. The van der Waals surface area contributed by atoms with E-state index in [2.05, 4.69) is 10.6 Å². The Labute approximate surface area is 83.4 Å². The minimum Gasteiger partial charge on any atom is -0.315 e. The minimum atomic E-state index is -2.41. The number of rotatable bonds is 0. The molecule has 2 nitrogen and oxygen atoms in total. The van der Waals surface area contributed by atoms with E-state index in [9.17, 15) is 8.78 Å². The molecule has 1 saturated carbocycles. The van der Waals surface area contributed by atoms with Gasteiger partial charge in [-0.1, -0.05) is 0 Å². The Morgan fingerprint density at radius 1 is 0.786 bits per heavy atom. The van der Waals surface area contributed by atoms with Crippen molar-refractivity contribution in [2.24, 2.45) is 0 Å². The third kappa shape index (κ3) is 2.23. The molecule has 2 rings (SSSR count). The lowest BCUT2D eigenvalue weighted by molar-refractivity contribution is -0.0560. The fourth-order valence-corrected chi connectivity index (χ4v) is 2.48. The standard InChI is InChI=1S/C10H18F2N2/c11-10(12)3-1-9(2-4-10)5-6-13-7-8-14-9/h13-14H,1-8H2. The lowest BCUT2D eigenvalue weighted by atomic mass is 9.78.